The van der Waals surface area contributed by atoms with Gasteiger partial charge in [-0.15, -0.1) is 0 Å². The molecule has 0 aliphatic heterocycles. The first-order chi connectivity index (χ1) is 13.6. The van der Waals surface area contributed by atoms with Crippen molar-refractivity contribution < 1.29 is 9.59 Å². The van der Waals surface area contributed by atoms with E-state index in [0.717, 1.165) is 5.56 Å². The molecule has 0 aromatic heterocycles. The van der Waals surface area contributed by atoms with Gasteiger partial charge in [0.15, 0.2) is 0 Å². The molecular formula is C22H20ClN3O2. The summed E-state index contributed by atoms with van der Waals surface area (Å²) in [5.74, 6) is -0.0964. The van der Waals surface area contributed by atoms with E-state index in [9.17, 15) is 9.59 Å². The standard InChI is InChI=1S/C22H20ClN3O2/c23-17-12-9-16(10-13-17)11-14-21(27)24-19-7-4-8-20(15-19)26-22(28)25-18-5-2-1-3-6-18/h1-10,12-13,15H,11,14H2,(H,24,27)(H2,25,26,28). The highest BCUT2D eigenvalue weighted by molar-refractivity contribution is 6.30. The van der Waals surface area contributed by atoms with Crippen molar-refractivity contribution in [1.82, 2.24) is 0 Å². The second kappa shape index (κ2) is 9.58. The first-order valence-electron chi connectivity index (χ1n) is 8.86. The van der Waals surface area contributed by atoms with Crippen LogP contribution in [0.15, 0.2) is 78.9 Å². The van der Waals surface area contributed by atoms with E-state index in [4.69, 9.17) is 11.6 Å². The number of anilines is 3. The van der Waals surface area contributed by atoms with Crippen molar-refractivity contribution >= 4 is 40.6 Å². The summed E-state index contributed by atoms with van der Waals surface area (Å²) in [5.41, 5.74) is 2.96. The average Bonchev–Trinajstić information content (AvgIpc) is 2.68. The highest BCUT2D eigenvalue weighted by Crippen LogP contribution is 2.17. The molecule has 142 valence electrons. The Morgan fingerprint density at radius 1 is 0.714 bits per heavy atom. The summed E-state index contributed by atoms with van der Waals surface area (Å²) in [5, 5.41) is 9.02. The predicted octanol–water partition coefficient (Wildman–Crippen LogP) is 5.56. The number of urea groups is 1. The maximum Gasteiger partial charge on any atom is 0.323 e. The van der Waals surface area contributed by atoms with Gasteiger partial charge < -0.3 is 16.0 Å². The molecule has 3 N–H and O–H groups in total. The van der Waals surface area contributed by atoms with E-state index >= 15 is 0 Å². The van der Waals surface area contributed by atoms with E-state index in [1.807, 2.05) is 42.5 Å². The van der Waals surface area contributed by atoms with Gasteiger partial charge in [0, 0.05) is 28.5 Å². The number of benzene rings is 3. The Balaban J connectivity index is 1.51. The van der Waals surface area contributed by atoms with Crippen LogP contribution in [-0.4, -0.2) is 11.9 Å². The zero-order chi connectivity index (χ0) is 19.8. The maximum absolute atomic E-state index is 12.2. The molecule has 0 aliphatic carbocycles. The largest absolute Gasteiger partial charge is 0.326 e. The lowest BCUT2D eigenvalue weighted by Gasteiger charge is -2.10. The lowest BCUT2D eigenvalue weighted by Crippen LogP contribution is -2.19. The molecule has 5 nitrogen and oxygen atoms in total. The van der Waals surface area contributed by atoms with Crippen molar-refractivity contribution in [1.29, 1.82) is 0 Å². The lowest BCUT2D eigenvalue weighted by molar-refractivity contribution is -0.116. The third-order valence-corrected chi connectivity index (χ3v) is 4.24. The van der Waals surface area contributed by atoms with Gasteiger partial charge in [0.1, 0.15) is 0 Å². The first kappa shape index (κ1) is 19.5. The van der Waals surface area contributed by atoms with Gasteiger partial charge in [0.2, 0.25) is 5.91 Å². The van der Waals surface area contributed by atoms with E-state index < -0.39 is 0 Å². The Morgan fingerprint density at radius 3 is 2.04 bits per heavy atom. The van der Waals surface area contributed by atoms with Gasteiger partial charge in [-0.05, 0) is 54.4 Å². The van der Waals surface area contributed by atoms with E-state index in [2.05, 4.69) is 16.0 Å². The van der Waals surface area contributed by atoms with Crippen molar-refractivity contribution in [3.05, 3.63) is 89.4 Å². The van der Waals surface area contributed by atoms with Crippen molar-refractivity contribution in [2.45, 2.75) is 12.8 Å². The molecule has 0 saturated carbocycles. The van der Waals surface area contributed by atoms with Crippen molar-refractivity contribution in [3.63, 3.8) is 0 Å². The highest BCUT2D eigenvalue weighted by Gasteiger charge is 2.06. The SMILES string of the molecule is O=C(CCc1ccc(Cl)cc1)Nc1cccc(NC(=O)Nc2ccccc2)c1. The second-order valence-electron chi connectivity index (χ2n) is 6.20. The first-order valence-corrected chi connectivity index (χ1v) is 9.24. The number of para-hydroxylation sites is 1. The molecular weight excluding hydrogens is 374 g/mol. The van der Waals surface area contributed by atoms with Gasteiger partial charge >= 0.3 is 6.03 Å². The van der Waals surface area contributed by atoms with Crippen LogP contribution in [0.2, 0.25) is 5.02 Å². The fraction of sp³-hybridized carbons (Fsp3) is 0.0909. The van der Waals surface area contributed by atoms with Gasteiger partial charge in [0.05, 0.1) is 0 Å². The molecule has 6 heteroatoms. The number of carbonyl (C=O) groups excluding carboxylic acids is 2. The number of aryl methyl sites for hydroxylation is 1. The summed E-state index contributed by atoms with van der Waals surface area (Å²) in [7, 11) is 0. The monoisotopic (exact) mass is 393 g/mol. The van der Waals surface area contributed by atoms with Crippen LogP contribution in [0, 0.1) is 0 Å². The molecule has 3 aromatic rings. The number of hydrogen-bond acceptors (Lipinski definition) is 2. The molecule has 28 heavy (non-hydrogen) atoms. The third kappa shape index (κ3) is 6.14. The fourth-order valence-electron chi connectivity index (χ4n) is 2.62. The van der Waals surface area contributed by atoms with E-state index in [1.165, 1.54) is 0 Å². The minimum absolute atomic E-state index is 0.0964. The number of carbonyl (C=O) groups is 2. The van der Waals surface area contributed by atoms with Crippen LogP contribution in [-0.2, 0) is 11.2 Å². The molecule has 0 heterocycles. The second-order valence-corrected chi connectivity index (χ2v) is 6.64. The Hall–Kier alpha value is -3.31. The van der Waals surface area contributed by atoms with Crippen LogP contribution in [0.4, 0.5) is 21.9 Å². The Morgan fingerprint density at radius 2 is 1.32 bits per heavy atom. The molecule has 0 spiro atoms. The Bertz CT molecular complexity index is 944. The van der Waals surface area contributed by atoms with Crippen LogP contribution >= 0.6 is 11.6 Å². The van der Waals surface area contributed by atoms with E-state index in [0.29, 0.717) is 34.9 Å². The number of amides is 3. The molecule has 0 aliphatic rings. The normalized spacial score (nSPS) is 10.2. The summed E-state index contributed by atoms with van der Waals surface area (Å²) in [4.78, 5) is 24.3. The van der Waals surface area contributed by atoms with Gasteiger partial charge in [-0.1, -0.05) is 48.0 Å². The number of hydrogen-bond donors (Lipinski definition) is 3. The summed E-state index contributed by atoms with van der Waals surface area (Å²) >= 11 is 5.86. The molecule has 0 atom stereocenters. The van der Waals surface area contributed by atoms with Crippen LogP contribution < -0.4 is 16.0 Å². The van der Waals surface area contributed by atoms with Crippen LogP contribution in [0.5, 0.6) is 0 Å². The fourth-order valence-corrected chi connectivity index (χ4v) is 2.75. The molecule has 0 unspecified atom stereocenters. The van der Waals surface area contributed by atoms with Gasteiger partial charge in [-0.25, -0.2) is 4.79 Å². The highest BCUT2D eigenvalue weighted by atomic mass is 35.5. The van der Waals surface area contributed by atoms with E-state index in [1.54, 1.807) is 36.4 Å². The quantitative estimate of drug-likeness (QED) is 0.513. The van der Waals surface area contributed by atoms with Crippen molar-refractivity contribution in [2.24, 2.45) is 0 Å². The molecule has 3 aromatic carbocycles. The topological polar surface area (TPSA) is 70.2 Å². The van der Waals surface area contributed by atoms with E-state index in [-0.39, 0.29) is 11.9 Å². The molecule has 0 saturated heterocycles. The predicted molar refractivity (Wildman–Crippen MR) is 114 cm³/mol. The summed E-state index contributed by atoms with van der Waals surface area (Å²) in [6, 6.07) is 23.3. The Kier molecular flexibility index (Phi) is 6.65. The Labute approximate surface area is 168 Å². The maximum atomic E-state index is 12.2. The molecule has 0 bridgehead atoms. The summed E-state index contributed by atoms with van der Waals surface area (Å²) in [6.45, 7) is 0. The minimum atomic E-state index is -0.350. The lowest BCUT2D eigenvalue weighted by atomic mass is 10.1. The van der Waals surface area contributed by atoms with Crippen molar-refractivity contribution in [2.75, 3.05) is 16.0 Å². The van der Waals surface area contributed by atoms with Crippen LogP contribution in [0.3, 0.4) is 0 Å². The average molecular weight is 394 g/mol. The smallest absolute Gasteiger partial charge is 0.323 e. The van der Waals surface area contributed by atoms with Gasteiger partial charge in [-0.2, -0.15) is 0 Å². The van der Waals surface area contributed by atoms with Crippen molar-refractivity contribution in [3.8, 4) is 0 Å². The molecule has 0 fully saturated rings. The molecule has 3 rings (SSSR count). The number of nitrogens with one attached hydrogen (secondary N) is 3. The minimum Gasteiger partial charge on any atom is -0.326 e. The molecule has 3 amide bonds. The summed E-state index contributed by atoms with van der Waals surface area (Å²) < 4.78 is 0. The summed E-state index contributed by atoms with van der Waals surface area (Å²) in [6.07, 6.45) is 0.980. The van der Waals surface area contributed by atoms with Crippen LogP contribution in [0.25, 0.3) is 0 Å². The zero-order valence-electron chi connectivity index (χ0n) is 15.1. The third-order valence-electron chi connectivity index (χ3n) is 3.99. The van der Waals surface area contributed by atoms with Crippen LogP contribution in [0.1, 0.15) is 12.0 Å². The number of halogens is 1. The zero-order valence-corrected chi connectivity index (χ0v) is 15.9. The number of rotatable bonds is 6. The van der Waals surface area contributed by atoms with Gasteiger partial charge in [-0.3, -0.25) is 4.79 Å². The molecule has 0 radical (unpaired) electrons. The van der Waals surface area contributed by atoms with Gasteiger partial charge in [0.25, 0.3) is 0 Å².